The summed E-state index contributed by atoms with van der Waals surface area (Å²) in [6, 6.07) is 0. The van der Waals surface area contributed by atoms with Crippen LogP contribution in [0, 0.1) is 5.41 Å². The van der Waals surface area contributed by atoms with Gasteiger partial charge in [-0.1, -0.05) is 163 Å². The van der Waals surface area contributed by atoms with Gasteiger partial charge in [0.05, 0.1) is 25.9 Å². The summed E-state index contributed by atoms with van der Waals surface area (Å²) in [7, 11) is -1.07. The van der Waals surface area contributed by atoms with E-state index in [1.54, 1.807) is 7.11 Å². The first kappa shape index (κ1) is 56.5. The molecule has 1 unspecified atom stereocenters. The Labute approximate surface area is 373 Å². The Kier molecular flexibility index (Phi) is 34.3. The van der Waals surface area contributed by atoms with Crippen LogP contribution < -0.4 is 0 Å². The summed E-state index contributed by atoms with van der Waals surface area (Å²) in [5.41, 5.74) is 0. The van der Waals surface area contributed by atoms with Gasteiger partial charge in [0.25, 0.3) is 3.79 Å². The Morgan fingerprint density at radius 1 is 0.729 bits per heavy atom. The second kappa shape index (κ2) is 35.9. The SMILES string of the molecule is C=CCOP(=O)(OCC=C)O[C@H]1[C@H](OCC[C@@H](CCCCCCC)OC)[C@@H](OCCCCCCCCCC/C=C\CCCCCC)C(OC(=N)C(Cl)(Cl)Cl)O[C@@H]1COC. The van der Waals surface area contributed by atoms with E-state index in [2.05, 4.69) is 39.2 Å². The highest BCUT2D eigenvalue weighted by Gasteiger charge is 2.53. The van der Waals surface area contributed by atoms with E-state index in [-0.39, 0.29) is 32.5 Å². The molecule has 0 aromatic rings. The van der Waals surface area contributed by atoms with Gasteiger partial charge in [0, 0.05) is 27.4 Å². The second-order valence-electron chi connectivity index (χ2n) is 15.1. The monoisotopic (exact) mass is 917 g/mol. The largest absolute Gasteiger partial charge is 0.475 e. The van der Waals surface area contributed by atoms with Crippen molar-refractivity contribution in [3.63, 3.8) is 0 Å². The molecule has 0 aliphatic carbocycles. The zero-order chi connectivity index (χ0) is 43.6. The van der Waals surface area contributed by atoms with Crippen LogP contribution in [0.25, 0.3) is 0 Å². The molecular formula is C44H79Cl3NO10P. The molecule has 0 saturated carbocycles. The van der Waals surface area contributed by atoms with Crippen LogP contribution in [0.1, 0.15) is 149 Å². The average Bonchev–Trinajstić information content (AvgIpc) is 3.21. The Hall–Kier alpha value is -0.530. The number of allylic oxidation sites excluding steroid dienone is 2. The molecule has 1 heterocycles. The second-order valence-corrected chi connectivity index (χ2v) is 19.0. The highest BCUT2D eigenvalue weighted by atomic mass is 35.6. The zero-order valence-electron chi connectivity index (χ0n) is 36.7. The molecule has 0 spiro atoms. The van der Waals surface area contributed by atoms with Crippen LogP contribution in [-0.4, -0.2) is 93.8 Å². The molecule has 346 valence electrons. The number of hydrogen-bond acceptors (Lipinski definition) is 11. The summed E-state index contributed by atoms with van der Waals surface area (Å²) in [4.78, 5) is 0. The highest BCUT2D eigenvalue weighted by molar-refractivity contribution is 7.48. The molecule has 1 saturated heterocycles. The predicted molar refractivity (Wildman–Crippen MR) is 242 cm³/mol. The van der Waals surface area contributed by atoms with Crippen molar-refractivity contribution in [2.45, 2.75) is 189 Å². The number of unbranched alkanes of at least 4 members (excludes halogenated alkanes) is 16. The first-order valence-corrected chi connectivity index (χ1v) is 24.8. The molecule has 15 heteroatoms. The van der Waals surface area contributed by atoms with Crippen molar-refractivity contribution in [3.8, 4) is 0 Å². The molecule has 0 bridgehead atoms. The summed E-state index contributed by atoms with van der Waals surface area (Å²) in [6.45, 7) is 12.0. The van der Waals surface area contributed by atoms with Gasteiger partial charge in [-0.2, -0.15) is 0 Å². The molecule has 59 heavy (non-hydrogen) atoms. The molecule has 1 aliphatic heterocycles. The van der Waals surface area contributed by atoms with Crippen molar-refractivity contribution in [2.24, 2.45) is 0 Å². The van der Waals surface area contributed by atoms with Crippen molar-refractivity contribution < 1.29 is 46.6 Å². The van der Waals surface area contributed by atoms with E-state index >= 15 is 0 Å². The minimum absolute atomic E-state index is 0.0462. The number of hydrogen-bond donors (Lipinski definition) is 1. The quantitative estimate of drug-likeness (QED) is 0.0159. The smallest absolute Gasteiger partial charge is 0.445 e. The van der Waals surface area contributed by atoms with Crippen molar-refractivity contribution in [3.05, 3.63) is 37.5 Å². The summed E-state index contributed by atoms with van der Waals surface area (Å²) >= 11 is 18.2. The van der Waals surface area contributed by atoms with Gasteiger partial charge in [0.15, 0.2) is 0 Å². The van der Waals surface area contributed by atoms with E-state index < -0.39 is 48.2 Å². The fourth-order valence-electron chi connectivity index (χ4n) is 6.74. The van der Waals surface area contributed by atoms with Gasteiger partial charge >= 0.3 is 7.82 Å². The molecule has 6 atom stereocenters. The lowest BCUT2D eigenvalue weighted by atomic mass is 9.98. The van der Waals surface area contributed by atoms with Gasteiger partial charge in [-0.15, -0.1) is 13.2 Å². The number of alkyl halides is 3. The lowest BCUT2D eigenvalue weighted by Gasteiger charge is -2.46. The van der Waals surface area contributed by atoms with Crippen LogP contribution in [0.4, 0.5) is 0 Å². The summed E-state index contributed by atoms with van der Waals surface area (Å²) in [5.74, 6) is -0.661. The van der Waals surface area contributed by atoms with Crippen LogP contribution in [-0.2, 0) is 46.6 Å². The molecule has 11 nitrogen and oxygen atoms in total. The fourth-order valence-corrected chi connectivity index (χ4v) is 8.20. The van der Waals surface area contributed by atoms with Crippen molar-refractivity contribution >= 4 is 48.5 Å². The number of halogens is 3. The topological polar surface area (TPSA) is 124 Å². The molecule has 1 fully saturated rings. The maximum absolute atomic E-state index is 14.0. The van der Waals surface area contributed by atoms with Crippen molar-refractivity contribution in [2.75, 3.05) is 47.3 Å². The highest BCUT2D eigenvalue weighted by Crippen LogP contribution is 2.53. The first-order valence-electron chi connectivity index (χ1n) is 22.2. The summed E-state index contributed by atoms with van der Waals surface area (Å²) in [5, 5.41) is 8.40. The third-order valence-corrected chi connectivity index (χ3v) is 12.0. The molecule has 0 amide bonds. The maximum atomic E-state index is 14.0. The summed E-state index contributed by atoms with van der Waals surface area (Å²) in [6.07, 6.45) is 25.8. The number of methoxy groups -OCH3 is 2. The van der Waals surface area contributed by atoms with Gasteiger partial charge in [-0.05, 0) is 44.9 Å². The molecule has 0 aromatic carbocycles. The van der Waals surface area contributed by atoms with Gasteiger partial charge in [-0.3, -0.25) is 19.0 Å². The number of nitrogens with one attached hydrogen (secondary N) is 1. The lowest BCUT2D eigenvalue weighted by molar-refractivity contribution is -0.298. The van der Waals surface area contributed by atoms with Gasteiger partial charge < -0.3 is 28.4 Å². The predicted octanol–water partition coefficient (Wildman–Crippen LogP) is 13.2. The van der Waals surface area contributed by atoms with Crippen LogP contribution in [0.15, 0.2) is 37.5 Å². The zero-order valence-corrected chi connectivity index (χ0v) is 39.9. The molecule has 1 rings (SSSR count). The summed E-state index contributed by atoms with van der Waals surface area (Å²) < 4.78 is 65.8. The first-order chi connectivity index (χ1) is 28.5. The van der Waals surface area contributed by atoms with E-state index in [1.807, 2.05) is 0 Å². The number of phosphoric ester groups is 1. The van der Waals surface area contributed by atoms with E-state index in [0.717, 1.165) is 51.4 Å². The van der Waals surface area contributed by atoms with Crippen molar-refractivity contribution in [1.82, 2.24) is 0 Å². The standard InChI is InChI=1S/C44H79Cl3NO10P/c1-7-11-13-15-16-17-18-19-20-21-22-23-24-25-27-29-34-52-41-40(53-35-31-37(51-6)30-28-26-14-12-8-2)39(58-59(49,54-32-9-3)55-33-10-4)38(36-50-5)56-42(41)57-43(48)44(45,46)47/h9-10,17-18,37-42,48H,3-4,7-8,11-16,19-36H2,1-2,5-6H3/b18-17-,48-43?/t37-,38-,39-,40+,41-,42?/m1/s1. The minimum Gasteiger partial charge on any atom is -0.445 e. The van der Waals surface area contributed by atoms with E-state index in [0.29, 0.717) is 13.0 Å². The third-order valence-electron chi connectivity index (χ3n) is 10.0. The normalized spacial score (nSPS) is 20.6. The van der Waals surface area contributed by atoms with Crippen LogP contribution >= 0.6 is 42.6 Å². The van der Waals surface area contributed by atoms with Gasteiger partial charge in [-0.25, -0.2) is 4.57 Å². The Morgan fingerprint density at radius 3 is 1.80 bits per heavy atom. The number of ether oxygens (including phenoxy) is 6. The van der Waals surface area contributed by atoms with E-state index in [4.69, 9.17) is 82.2 Å². The van der Waals surface area contributed by atoms with Crippen molar-refractivity contribution in [1.29, 1.82) is 5.41 Å². The fraction of sp³-hybridized carbons (Fsp3) is 0.841. The molecular weight excluding hydrogens is 840 g/mol. The lowest BCUT2D eigenvalue weighted by Crippen LogP contribution is -2.62. The van der Waals surface area contributed by atoms with Gasteiger partial charge in [0.1, 0.15) is 24.4 Å². The molecule has 1 aliphatic rings. The Balaban J connectivity index is 3.11. The minimum atomic E-state index is -4.25. The van der Waals surface area contributed by atoms with Crippen LogP contribution in [0.2, 0.25) is 0 Å². The molecule has 1 N–H and O–H groups in total. The molecule has 0 radical (unpaired) electrons. The maximum Gasteiger partial charge on any atom is 0.475 e. The third kappa shape index (κ3) is 26.6. The Morgan fingerprint density at radius 2 is 1.25 bits per heavy atom. The average molecular weight is 919 g/mol. The number of phosphoric acid groups is 1. The van der Waals surface area contributed by atoms with E-state index in [1.165, 1.54) is 96.3 Å². The Bertz CT molecular complexity index is 1130. The van der Waals surface area contributed by atoms with Crippen LogP contribution in [0.3, 0.4) is 0 Å². The van der Waals surface area contributed by atoms with Crippen LogP contribution in [0.5, 0.6) is 0 Å². The number of rotatable bonds is 39. The molecule has 0 aromatic heterocycles. The van der Waals surface area contributed by atoms with E-state index in [9.17, 15) is 4.57 Å². The van der Waals surface area contributed by atoms with Gasteiger partial charge in [0.2, 0.25) is 12.2 Å².